The van der Waals surface area contributed by atoms with Gasteiger partial charge < -0.3 is 15.0 Å². The van der Waals surface area contributed by atoms with Crippen LogP contribution < -0.4 is 10.1 Å². The minimum Gasteiger partial charge on any atom is -0.497 e. The number of rotatable bonds is 3. The highest BCUT2D eigenvalue weighted by molar-refractivity contribution is 5.94. The van der Waals surface area contributed by atoms with Gasteiger partial charge in [-0.2, -0.15) is 0 Å². The summed E-state index contributed by atoms with van der Waals surface area (Å²) in [6.07, 6.45) is 1.01. The third-order valence-corrected chi connectivity index (χ3v) is 3.88. The molecule has 0 bridgehead atoms. The summed E-state index contributed by atoms with van der Waals surface area (Å²) in [4.78, 5) is 14.4. The van der Waals surface area contributed by atoms with Gasteiger partial charge in [0, 0.05) is 24.7 Å². The first-order chi connectivity index (χ1) is 9.15. The van der Waals surface area contributed by atoms with Crippen LogP contribution in [-0.2, 0) is 0 Å². The second kappa shape index (κ2) is 6.06. The summed E-state index contributed by atoms with van der Waals surface area (Å²) in [5.74, 6) is 1.30. The average Bonchev–Trinajstić information content (AvgIpc) is 2.46. The highest BCUT2D eigenvalue weighted by atomic mass is 16.5. The SMILES string of the molecule is CNC1CCN(C(=O)c2cccc(OC)c2)CC1C. The Kier molecular flexibility index (Phi) is 4.43. The second-order valence-corrected chi connectivity index (χ2v) is 5.14. The molecule has 1 heterocycles. The summed E-state index contributed by atoms with van der Waals surface area (Å²) in [5.41, 5.74) is 0.703. The molecule has 4 nitrogen and oxygen atoms in total. The largest absolute Gasteiger partial charge is 0.497 e. The molecule has 0 radical (unpaired) electrons. The Bertz CT molecular complexity index is 448. The van der Waals surface area contributed by atoms with E-state index in [0.717, 1.165) is 25.3 Å². The first-order valence-corrected chi connectivity index (χ1v) is 6.76. The summed E-state index contributed by atoms with van der Waals surface area (Å²) >= 11 is 0. The lowest BCUT2D eigenvalue weighted by Crippen LogP contribution is -2.49. The lowest BCUT2D eigenvalue weighted by molar-refractivity contribution is 0.0649. The van der Waals surface area contributed by atoms with Crippen molar-refractivity contribution in [3.8, 4) is 5.75 Å². The molecule has 19 heavy (non-hydrogen) atoms. The molecule has 2 rings (SSSR count). The van der Waals surface area contributed by atoms with Crippen LogP contribution in [0.1, 0.15) is 23.7 Å². The van der Waals surface area contributed by atoms with Gasteiger partial charge in [-0.05, 0) is 37.6 Å². The van der Waals surface area contributed by atoms with Gasteiger partial charge in [0.15, 0.2) is 0 Å². The van der Waals surface area contributed by atoms with Gasteiger partial charge in [-0.15, -0.1) is 0 Å². The molecule has 1 aromatic carbocycles. The van der Waals surface area contributed by atoms with Gasteiger partial charge in [-0.1, -0.05) is 13.0 Å². The first kappa shape index (κ1) is 13.9. The quantitative estimate of drug-likeness (QED) is 0.902. The standard InChI is InChI=1S/C15H22N2O2/c1-11-10-17(8-7-14(11)16-2)15(18)12-5-4-6-13(9-12)19-3/h4-6,9,11,14,16H,7-8,10H2,1-3H3. The number of hydrogen-bond donors (Lipinski definition) is 1. The highest BCUT2D eigenvalue weighted by Gasteiger charge is 2.28. The fourth-order valence-corrected chi connectivity index (χ4v) is 2.70. The van der Waals surface area contributed by atoms with Crippen molar-refractivity contribution >= 4 is 5.91 Å². The lowest BCUT2D eigenvalue weighted by Gasteiger charge is -2.36. The van der Waals surface area contributed by atoms with Crippen molar-refractivity contribution in [2.75, 3.05) is 27.2 Å². The van der Waals surface area contributed by atoms with Crippen molar-refractivity contribution in [1.29, 1.82) is 0 Å². The lowest BCUT2D eigenvalue weighted by atomic mass is 9.93. The molecule has 4 heteroatoms. The predicted molar refractivity (Wildman–Crippen MR) is 75.5 cm³/mol. The zero-order valence-corrected chi connectivity index (χ0v) is 11.8. The Balaban J connectivity index is 2.07. The third-order valence-electron chi connectivity index (χ3n) is 3.88. The number of benzene rings is 1. The Hall–Kier alpha value is -1.55. The van der Waals surface area contributed by atoms with Crippen molar-refractivity contribution in [1.82, 2.24) is 10.2 Å². The van der Waals surface area contributed by atoms with Gasteiger partial charge in [0.25, 0.3) is 5.91 Å². The van der Waals surface area contributed by atoms with Crippen LogP contribution in [-0.4, -0.2) is 44.1 Å². The number of hydrogen-bond acceptors (Lipinski definition) is 3. The minimum absolute atomic E-state index is 0.0975. The summed E-state index contributed by atoms with van der Waals surface area (Å²) in [6, 6.07) is 7.87. The van der Waals surface area contributed by atoms with E-state index in [9.17, 15) is 4.79 Å². The molecular formula is C15H22N2O2. The van der Waals surface area contributed by atoms with Crippen LogP contribution in [0.25, 0.3) is 0 Å². The average molecular weight is 262 g/mol. The Morgan fingerprint density at radius 1 is 1.47 bits per heavy atom. The van der Waals surface area contributed by atoms with E-state index in [1.54, 1.807) is 13.2 Å². The molecule has 104 valence electrons. The molecule has 1 saturated heterocycles. The zero-order chi connectivity index (χ0) is 13.8. The summed E-state index contributed by atoms with van der Waals surface area (Å²) in [5, 5.41) is 3.31. The molecule has 1 aliphatic heterocycles. The molecular weight excluding hydrogens is 240 g/mol. The van der Waals surface area contributed by atoms with Gasteiger partial charge >= 0.3 is 0 Å². The number of amides is 1. The van der Waals surface area contributed by atoms with Crippen LogP contribution in [0.4, 0.5) is 0 Å². The van der Waals surface area contributed by atoms with Crippen molar-refractivity contribution in [3.05, 3.63) is 29.8 Å². The van der Waals surface area contributed by atoms with Crippen LogP contribution in [0.5, 0.6) is 5.75 Å². The summed E-state index contributed by atoms with van der Waals surface area (Å²) < 4.78 is 5.17. The van der Waals surface area contributed by atoms with Gasteiger partial charge in [0.2, 0.25) is 0 Å². The minimum atomic E-state index is 0.0975. The Morgan fingerprint density at radius 2 is 2.26 bits per heavy atom. The van der Waals surface area contributed by atoms with Crippen LogP contribution in [0.3, 0.4) is 0 Å². The van der Waals surface area contributed by atoms with Gasteiger partial charge in [-0.25, -0.2) is 0 Å². The smallest absolute Gasteiger partial charge is 0.253 e. The molecule has 0 aliphatic carbocycles. The zero-order valence-electron chi connectivity index (χ0n) is 11.8. The molecule has 0 spiro atoms. The molecule has 2 atom stereocenters. The number of nitrogens with zero attached hydrogens (tertiary/aromatic N) is 1. The van der Waals surface area contributed by atoms with E-state index in [2.05, 4.69) is 12.2 Å². The van der Waals surface area contributed by atoms with E-state index in [4.69, 9.17) is 4.74 Å². The normalized spacial score (nSPS) is 23.2. The topological polar surface area (TPSA) is 41.6 Å². The van der Waals surface area contributed by atoms with Gasteiger partial charge in [-0.3, -0.25) is 4.79 Å². The monoisotopic (exact) mass is 262 g/mol. The Labute approximate surface area is 114 Å². The maximum Gasteiger partial charge on any atom is 0.253 e. The van der Waals surface area contributed by atoms with Crippen LogP contribution >= 0.6 is 0 Å². The fraction of sp³-hybridized carbons (Fsp3) is 0.533. The number of carbonyl (C=O) groups is 1. The van der Waals surface area contributed by atoms with E-state index in [1.165, 1.54) is 0 Å². The number of methoxy groups -OCH3 is 1. The summed E-state index contributed by atoms with van der Waals surface area (Å²) in [7, 11) is 3.60. The van der Waals surface area contributed by atoms with Crippen molar-refractivity contribution in [2.45, 2.75) is 19.4 Å². The van der Waals surface area contributed by atoms with Crippen LogP contribution in [0.2, 0.25) is 0 Å². The van der Waals surface area contributed by atoms with E-state index in [1.807, 2.05) is 30.1 Å². The van der Waals surface area contributed by atoms with E-state index in [0.29, 0.717) is 17.5 Å². The maximum absolute atomic E-state index is 12.5. The Morgan fingerprint density at radius 3 is 2.89 bits per heavy atom. The van der Waals surface area contributed by atoms with Gasteiger partial charge in [0.1, 0.15) is 5.75 Å². The van der Waals surface area contributed by atoms with E-state index in [-0.39, 0.29) is 5.91 Å². The van der Waals surface area contributed by atoms with E-state index < -0.39 is 0 Å². The van der Waals surface area contributed by atoms with Crippen molar-refractivity contribution in [3.63, 3.8) is 0 Å². The van der Waals surface area contributed by atoms with Crippen molar-refractivity contribution in [2.24, 2.45) is 5.92 Å². The molecule has 0 saturated carbocycles. The van der Waals surface area contributed by atoms with Crippen molar-refractivity contribution < 1.29 is 9.53 Å². The number of nitrogens with one attached hydrogen (secondary N) is 1. The number of piperidine rings is 1. The number of carbonyl (C=O) groups excluding carboxylic acids is 1. The van der Waals surface area contributed by atoms with E-state index >= 15 is 0 Å². The highest BCUT2D eigenvalue weighted by Crippen LogP contribution is 2.20. The third kappa shape index (κ3) is 3.07. The summed E-state index contributed by atoms with van der Waals surface area (Å²) in [6.45, 7) is 3.81. The molecule has 1 aromatic rings. The number of ether oxygens (including phenoxy) is 1. The first-order valence-electron chi connectivity index (χ1n) is 6.76. The molecule has 1 aliphatic rings. The molecule has 1 fully saturated rings. The van der Waals surface area contributed by atoms with Crippen LogP contribution in [0.15, 0.2) is 24.3 Å². The van der Waals surface area contributed by atoms with Gasteiger partial charge in [0.05, 0.1) is 7.11 Å². The molecule has 1 N–H and O–H groups in total. The second-order valence-electron chi connectivity index (χ2n) is 5.14. The van der Waals surface area contributed by atoms with Crippen LogP contribution in [0, 0.1) is 5.92 Å². The fourth-order valence-electron chi connectivity index (χ4n) is 2.70. The molecule has 2 unspecified atom stereocenters. The molecule has 0 aromatic heterocycles. The molecule has 1 amide bonds. The predicted octanol–water partition coefficient (Wildman–Crippen LogP) is 1.77. The number of likely N-dealkylation sites (tertiary alicyclic amines) is 1. The maximum atomic E-state index is 12.5.